The zero-order valence-corrected chi connectivity index (χ0v) is 17.6. The Kier molecular flexibility index (Phi) is 4.90. The lowest BCUT2D eigenvalue weighted by molar-refractivity contribution is -0.142. The number of thiazole rings is 1. The second-order valence-electron chi connectivity index (χ2n) is 7.28. The highest BCUT2D eigenvalue weighted by Gasteiger charge is 2.51. The second-order valence-corrected chi connectivity index (χ2v) is 9.44. The van der Waals surface area contributed by atoms with Crippen molar-refractivity contribution in [1.82, 2.24) is 4.98 Å². The van der Waals surface area contributed by atoms with Gasteiger partial charge in [-0.25, -0.2) is 0 Å². The molecule has 32 heavy (non-hydrogen) atoms. The molecular weight excluding hydrogens is 465 g/mol. The molecule has 0 aliphatic carbocycles. The Balaban J connectivity index is 1.54. The molecule has 5 rings (SSSR count). The fourth-order valence-corrected chi connectivity index (χ4v) is 6.42. The number of thioether (sulfide) groups is 1. The van der Waals surface area contributed by atoms with Gasteiger partial charge in [-0.2, -0.15) is 13.2 Å². The van der Waals surface area contributed by atoms with Crippen molar-refractivity contribution in [3.63, 3.8) is 0 Å². The molecule has 3 aromatic rings. The second kappa shape index (κ2) is 7.52. The standard InChI is InChI=1S/C21H13F3N2O4S2/c22-21(23,24)9-4-3-5-10(8-9)25-17(27)15-14-13(16-18(31-15)26-20(29)32-16)11-6-1-2-7-12(11)30-19(14)28/h1-8,13-15H,(H,25,27)(H,26,29)/t13-,14-,15+/m1/s1. The number of anilines is 1. The highest BCUT2D eigenvalue weighted by molar-refractivity contribution is 8.00. The quantitative estimate of drug-likeness (QED) is 0.425. The van der Waals surface area contributed by atoms with Crippen LogP contribution in [0.3, 0.4) is 0 Å². The molecule has 0 saturated heterocycles. The van der Waals surface area contributed by atoms with Crippen LogP contribution < -0.4 is 14.9 Å². The number of hydrogen-bond acceptors (Lipinski definition) is 6. The lowest BCUT2D eigenvalue weighted by atomic mass is 9.80. The number of amides is 1. The van der Waals surface area contributed by atoms with Gasteiger partial charge in [0.2, 0.25) is 5.91 Å². The molecule has 3 atom stereocenters. The summed E-state index contributed by atoms with van der Waals surface area (Å²) in [5, 5.41) is 1.93. The van der Waals surface area contributed by atoms with Crippen molar-refractivity contribution in [3.05, 3.63) is 74.2 Å². The van der Waals surface area contributed by atoms with Crippen LogP contribution in [0.25, 0.3) is 0 Å². The van der Waals surface area contributed by atoms with Crippen molar-refractivity contribution < 1.29 is 27.5 Å². The summed E-state index contributed by atoms with van der Waals surface area (Å²) in [7, 11) is 0. The number of hydrogen-bond donors (Lipinski definition) is 2. The van der Waals surface area contributed by atoms with Gasteiger partial charge in [0.05, 0.1) is 16.5 Å². The number of nitrogens with one attached hydrogen (secondary N) is 2. The van der Waals surface area contributed by atoms with E-state index < -0.39 is 40.7 Å². The Morgan fingerprint density at radius 3 is 2.66 bits per heavy atom. The number of aromatic amines is 1. The number of carbonyl (C=O) groups is 2. The van der Waals surface area contributed by atoms with Crippen LogP contribution in [0.1, 0.15) is 21.9 Å². The number of para-hydroxylation sites is 1. The minimum absolute atomic E-state index is 0.0452. The maximum Gasteiger partial charge on any atom is 0.416 e. The summed E-state index contributed by atoms with van der Waals surface area (Å²) in [6.45, 7) is 0. The van der Waals surface area contributed by atoms with Gasteiger partial charge in [0, 0.05) is 22.0 Å². The first-order valence-corrected chi connectivity index (χ1v) is 11.1. The van der Waals surface area contributed by atoms with E-state index in [0.717, 1.165) is 35.2 Å². The summed E-state index contributed by atoms with van der Waals surface area (Å²) < 4.78 is 44.5. The van der Waals surface area contributed by atoms with Crippen LogP contribution >= 0.6 is 23.1 Å². The summed E-state index contributed by atoms with van der Waals surface area (Å²) in [6.07, 6.45) is -4.56. The summed E-state index contributed by atoms with van der Waals surface area (Å²) >= 11 is 1.97. The molecule has 2 aromatic carbocycles. The zero-order chi connectivity index (χ0) is 22.6. The highest BCUT2D eigenvalue weighted by atomic mass is 32.2. The van der Waals surface area contributed by atoms with Crippen LogP contribution in [0.5, 0.6) is 5.75 Å². The number of H-pyrrole nitrogens is 1. The SMILES string of the molecule is O=C1Oc2ccccc2[C@H]2c3sc(=O)[nH]c3S[C@H](C(=O)Nc3cccc(C(F)(F)F)c3)[C@H]12. The van der Waals surface area contributed by atoms with E-state index in [0.29, 0.717) is 21.2 Å². The number of carbonyl (C=O) groups excluding carboxylic acids is 2. The Labute approximate surface area is 186 Å². The van der Waals surface area contributed by atoms with Crippen molar-refractivity contribution in [3.8, 4) is 5.75 Å². The Bertz CT molecular complexity index is 1300. The molecule has 2 N–H and O–H groups in total. The van der Waals surface area contributed by atoms with Crippen LogP contribution in [-0.4, -0.2) is 22.1 Å². The number of ether oxygens (including phenoxy) is 1. The van der Waals surface area contributed by atoms with Crippen molar-refractivity contribution in [1.29, 1.82) is 0 Å². The van der Waals surface area contributed by atoms with Crippen LogP contribution in [0, 0.1) is 5.92 Å². The number of fused-ring (bicyclic) bond motifs is 5. The first kappa shape index (κ1) is 20.8. The molecule has 3 heterocycles. The molecule has 2 aliphatic heterocycles. The molecular formula is C21H13F3N2O4S2. The molecule has 0 radical (unpaired) electrons. The fourth-order valence-electron chi connectivity index (χ4n) is 3.96. The number of halogens is 3. The van der Waals surface area contributed by atoms with Gasteiger partial charge in [-0.3, -0.25) is 14.4 Å². The average Bonchev–Trinajstić information content (AvgIpc) is 3.12. The van der Waals surface area contributed by atoms with E-state index in [2.05, 4.69) is 10.3 Å². The molecule has 2 aliphatic rings. The first-order chi connectivity index (χ1) is 15.2. The maximum atomic E-state index is 13.1. The van der Waals surface area contributed by atoms with Crippen LogP contribution in [0.2, 0.25) is 0 Å². The Morgan fingerprint density at radius 2 is 1.88 bits per heavy atom. The number of aromatic nitrogens is 1. The smallest absolute Gasteiger partial charge is 0.416 e. The average molecular weight is 478 g/mol. The third kappa shape index (κ3) is 3.51. The summed E-state index contributed by atoms with van der Waals surface area (Å²) in [5.41, 5.74) is -0.276. The number of benzene rings is 2. The molecule has 0 bridgehead atoms. The highest BCUT2D eigenvalue weighted by Crippen LogP contribution is 2.53. The van der Waals surface area contributed by atoms with Crippen molar-refractivity contribution in [2.45, 2.75) is 22.4 Å². The van der Waals surface area contributed by atoms with E-state index in [1.54, 1.807) is 24.3 Å². The minimum atomic E-state index is -4.56. The van der Waals surface area contributed by atoms with E-state index in [1.165, 1.54) is 12.1 Å². The Hall–Kier alpha value is -3.05. The van der Waals surface area contributed by atoms with Gasteiger partial charge in [0.15, 0.2) is 0 Å². The third-order valence-corrected chi connectivity index (χ3v) is 7.72. The molecule has 11 heteroatoms. The molecule has 0 fully saturated rings. The van der Waals surface area contributed by atoms with Gasteiger partial charge in [0.25, 0.3) is 0 Å². The lowest BCUT2D eigenvalue weighted by Gasteiger charge is -2.38. The van der Waals surface area contributed by atoms with Crippen LogP contribution in [0.4, 0.5) is 18.9 Å². The monoisotopic (exact) mass is 478 g/mol. The van der Waals surface area contributed by atoms with Crippen molar-refractivity contribution in [2.75, 3.05) is 5.32 Å². The number of alkyl halides is 3. The summed E-state index contributed by atoms with van der Waals surface area (Å²) in [6, 6.07) is 11.1. The van der Waals surface area contributed by atoms with E-state index >= 15 is 0 Å². The van der Waals surface area contributed by atoms with Gasteiger partial charge in [0.1, 0.15) is 11.0 Å². The number of rotatable bonds is 2. The van der Waals surface area contributed by atoms with Gasteiger partial charge in [-0.1, -0.05) is 47.4 Å². The van der Waals surface area contributed by atoms with Crippen molar-refractivity contribution in [2.24, 2.45) is 5.92 Å². The molecule has 6 nitrogen and oxygen atoms in total. The third-order valence-electron chi connectivity index (χ3n) is 5.31. The largest absolute Gasteiger partial charge is 0.426 e. The maximum absolute atomic E-state index is 13.1. The molecule has 0 spiro atoms. The molecule has 1 amide bonds. The van der Waals surface area contributed by atoms with Crippen LogP contribution in [-0.2, 0) is 15.8 Å². The first-order valence-electron chi connectivity index (χ1n) is 9.41. The van der Waals surface area contributed by atoms with E-state index in [9.17, 15) is 27.6 Å². The topological polar surface area (TPSA) is 88.3 Å². The van der Waals surface area contributed by atoms with E-state index in [-0.39, 0.29) is 10.6 Å². The van der Waals surface area contributed by atoms with Gasteiger partial charge in [-0.15, -0.1) is 0 Å². The zero-order valence-electron chi connectivity index (χ0n) is 15.9. The van der Waals surface area contributed by atoms with E-state index in [4.69, 9.17) is 4.74 Å². The van der Waals surface area contributed by atoms with Gasteiger partial charge < -0.3 is 15.0 Å². The molecule has 1 aromatic heterocycles. The minimum Gasteiger partial charge on any atom is -0.426 e. The molecule has 164 valence electrons. The van der Waals surface area contributed by atoms with Gasteiger partial charge in [-0.05, 0) is 24.3 Å². The van der Waals surface area contributed by atoms with Crippen LogP contribution in [0.15, 0.2) is 58.4 Å². The van der Waals surface area contributed by atoms with E-state index in [1.807, 2.05) is 0 Å². The number of esters is 1. The fraction of sp³-hybridized carbons (Fsp3) is 0.190. The van der Waals surface area contributed by atoms with Gasteiger partial charge >= 0.3 is 17.0 Å². The normalized spacial score (nSPS) is 21.7. The Morgan fingerprint density at radius 1 is 1.09 bits per heavy atom. The summed E-state index contributed by atoms with van der Waals surface area (Å²) in [5.74, 6) is -2.45. The predicted molar refractivity (Wildman–Crippen MR) is 112 cm³/mol. The summed E-state index contributed by atoms with van der Waals surface area (Å²) in [4.78, 5) is 41.1. The molecule has 0 unspecified atom stereocenters. The predicted octanol–water partition coefficient (Wildman–Crippen LogP) is 4.24. The lowest BCUT2D eigenvalue weighted by Crippen LogP contribution is -2.46. The molecule has 0 saturated carbocycles. The van der Waals surface area contributed by atoms with Crippen molar-refractivity contribution >= 4 is 40.7 Å².